The zero-order valence-electron chi connectivity index (χ0n) is 27.4. The summed E-state index contributed by atoms with van der Waals surface area (Å²) in [6.45, 7) is 10.1. The summed E-state index contributed by atoms with van der Waals surface area (Å²) in [5.41, 5.74) is 14.6. The van der Waals surface area contributed by atoms with Gasteiger partial charge in [0.05, 0.1) is 42.3 Å². The van der Waals surface area contributed by atoms with Gasteiger partial charge in [-0.15, -0.1) is 0 Å². The molecule has 2 aromatic carbocycles. The van der Waals surface area contributed by atoms with Crippen molar-refractivity contribution in [3.8, 4) is 11.5 Å². The van der Waals surface area contributed by atoms with Crippen LogP contribution in [0.3, 0.4) is 0 Å². The number of hydrogen-bond donors (Lipinski definition) is 4. The summed E-state index contributed by atoms with van der Waals surface area (Å²) < 4.78 is 9.97. The standard InChI is InChI=1S/C14H25N5S.C8H9NOS.C8H11NO.C2H6/c1-6-13(19-17-10-20)11(2)8-7-9-14(15-4)12(3)18-16-5;1-10-8-4-2-7(3-5-8)9-6-11;1-9-7-3-5-8(10-2)6-4-7;1-2/h8,10,16H,6-7,9H2,1-5H3,(H,17,20);2-6H,1H3,(H,9,11);3-6,9H,1-2H3;1-2H3/b11-8+,15-14?,18-12-,19-13-;;;. The summed E-state index contributed by atoms with van der Waals surface area (Å²) in [5, 5.41) is 14.3. The Labute approximate surface area is 270 Å². The molecule has 0 aromatic heterocycles. The molecule has 0 saturated carbocycles. The first kappa shape index (κ1) is 41.3. The minimum atomic E-state index is 0.847. The number of allylic oxidation sites excluding steroid dienone is 2. The Kier molecular flexibility index (Phi) is 27.2. The summed E-state index contributed by atoms with van der Waals surface area (Å²) in [4.78, 5) is 4.27. The summed E-state index contributed by atoms with van der Waals surface area (Å²) in [6, 6.07) is 15.3. The van der Waals surface area contributed by atoms with Crippen molar-refractivity contribution < 1.29 is 9.47 Å². The highest BCUT2D eigenvalue weighted by Gasteiger charge is 2.03. The van der Waals surface area contributed by atoms with Crippen molar-refractivity contribution in [2.45, 2.75) is 53.9 Å². The molecule has 4 N–H and O–H groups in total. The third kappa shape index (κ3) is 19.8. The van der Waals surface area contributed by atoms with Crippen LogP contribution in [0.15, 0.2) is 75.4 Å². The monoisotopic (exact) mass is 629 g/mol. The van der Waals surface area contributed by atoms with Crippen molar-refractivity contribution >= 4 is 63.9 Å². The maximum Gasteiger partial charge on any atom is 0.119 e. The number of hydrazone groups is 2. The molecule has 0 aliphatic rings. The number of benzene rings is 2. The molecule has 238 valence electrons. The Morgan fingerprint density at radius 1 is 0.814 bits per heavy atom. The van der Waals surface area contributed by atoms with Gasteiger partial charge in [-0.3, -0.25) is 10.4 Å². The normalized spacial score (nSPS) is 11.1. The van der Waals surface area contributed by atoms with Crippen LogP contribution in [0.2, 0.25) is 0 Å². The van der Waals surface area contributed by atoms with Crippen molar-refractivity contribution in [3.63, 3.8) is 0 Å². The zero-order valence-corrected chi connectivity index (χ0v) is 29.1. The van der Waals surface area contributed by atoms with E-state index in [-0.39, 0.29) is 0 Å². The first-order valence-corrected chi connectivity index (χ1v) is 15.0. The van der Waals surface area contributed by atoms with Gasteiger partial charge in [-0.25, -0.2) is 0 Å². The van der Waals surface area contributed by atoms with Crippen LogP contribution in [0, 0.1) is 0 Å². The van der Waals surface area contributed by atoms with E-state index in [9.17, 15) is 0 Å². The molecule has 11 heteroatoms. The van der Waals surface area contributed by atoms with Gasteiger partial charge in [-0.2, -0.15) is 10.2 Å². The predicted molar refractivity (Wildman–Crippen MR) is 197 cm³/mol. The van der Waals surface area contributed by atoms with Gasteiger partial charge in [0.1, 0.15) is 11.5 Å². The van der Waals surface area contributed by atoms with E-state index in [1.165, 1.54) is 11.0 Å². The fourth-order valence-electron chi connectivity index (χ4n) is 3.29. The topological polar surface area (TPSA) is 104 Å². The summed E-state index contributed by atoms with van der Waals surface area (Å²) in [7, 11) is 8.77. The fraction of sp³-hybridized carbons (Fsp3) is 0.406. The van der Waals surface area contributed by atoms with Crippen LogP contribution in [0.4, 0.5) is 11.4 Å². The van der Waals surface area contributed by atoms with Crippen LogP contribution >= 0.6 is 24.4 Å². The molecule has 0 unspecified atom stereocenters. The molecule has 43 heavy (non-hydrogen) atoms. The molecule has 0 spiro atoms. The number of methoxy groups -OCH3 is 2. The van der Waals surface area contributed by atoms with Gasteiger partial charge in [0, 0.05) is 32.5 Å². The van der Waals surface area contributed by atoms with Crippen molar-refractivity contribution in [1.82, 2.24) is 10.9 Å². The second-order valence-corrected chi connectivity index (χ2v) is 8.62. The predicted octanol–water partition coefficient (Wildman–Crippen LogP) is 7.52. The van der Waals surface area contributed by atoms with E-state index >= 15 is 0 Å². The second kappa shape index (κ2) is 28.3. The van der Waals surface area contributed by atoms with Gasteiger partial charge in [-0.05, 0) is 87.2 Å². The largest absolute Gasteiger partial charge is 0.497 e. The lowest BCUT2D eigenvalue weighted by Crippen LogP contribution is -2.14. The first-order chi connectivity index (χ1) is 20.8. The number of rotatable bonds is 14. The third-order valence-electron chi connectivity index (χ3n) is 5.54. The number of nitrogens with zero attached hydrogens (tertiary/aromatic N) is 3. The van der Waals surface area contributed by atoms with Gasteiger partial charge < -0.3 is 25.5 Å². The van der Waals surface area contributed by atoms with E-state index < -0.39 is 0 Å². The molecule has 2 rings (SSSR count). The van der Waals surface area contributed by atoms with Gasteiger partial charge in [0.15, 0.2) is 0 Å². The molecule has 0 amide bonds. The van der Waals surface area contributed by atoms with E-state index in [0.29, 0.717) is 0 Å². The minimum absolute atomic E-state index is 0.847. The Balaban J connectivity index is 0. The van der Waals surface area contributed by atoms with Crippen molar-refractivity contribution in [1.29, 1.82) is 0 Å². The molecular formula is C32H51N7O2S2. The number of anilines is 2. The number of ether oxygens (including phenoxy) is 2. The molecule has 0 heterocycles. The van der Waals surface area contributed by atoms with Crippen LogP contribution in [0.25, 0.3) is 0 Å². The highest BCUT2D eigenvalue weighted by molar-refractivity contribution is 7.79. The highest BCUT2D eigenvalue weighted by atomic mass is 32.1. The number of nitrogens with one attached hydrogen (secondary N) is 4. The lowest BCUT2D eigenvalue weighted by molar-refractivity contribution is 0.415. The van der Waals surface area contributed by atoms with Crippen LogP contribution in [0.1, 0.15) is 53.9 Å². The van der Waals surface area contributed by atoms with Gasteiger partial charge in [0.2, 0.25) is 0 Å². The van der Waals surface area contributed by atoms with Gasteiger partial charge in [-0.1, -0.05) is 51.3 Å². The lowest BCUT2D eigenvalue weighted by Gasteiger charge is -2.06. The van der Waals surface area contributed by atoms with E-state index in [4.69, 9.17) is 21.7 Å². The van der Waals surface area contributed by atoms with Gasteiger partial charge in [0.25, 0.3) is 0 Å². The minimum Gasteiger partial charge on any atom is -0.497 e. The van der Waals surface area contributed by atoms with Crippen LogP contribution < -0.4 is 31.0 Å². The first-order valence-electron chi connectivity index (χ1n) is 14.1. The molecular weight excluding hydrogens is 579 g/mol. The molecule has 9 nitrogen and oxygen atoms in total. The molecule has 0 bridgehead atoms. The van der Waals surface area contributed by atoms with E-state index in [1.807, 2.05) is 76.3 Å². The van der Waals surface area contributed by atoms with Crippen molar-refractivity contribution in [3.05, 3.63) is 60.2 Å². The quantitative estimate of drug-likeness (QED) is 0.0967. The average Bonchev–Trinajstić information content (AvgIpc) is 3.05. The van der Waals surface area contributed by atoms with Gasteiger partial charge >= 0.3 is 0 Å². The SMILES string of the molecule is CC.CCC(=N/NC=S)/C(C)=C/CCC(=NC)/C(C)=N\NC.CNc1ccc(OC)cc1.COc1ccc(NC=S)cc1. The molecule has 2 aromatic rings. The Bertz CT molecular complexity index is 1110. The smallest absolute Gasteiger partial charge is 0.119 e. The molecule has 0 atom stereocenters. The van der Waals surface area contributed by atoms with Crippen molar-refractivity contribution in [2.24, 2.45) is 15.2 Å². The highest BCUT2D eigenvalue weighted by Crippen LogP contribution is 2.14. The molecule has 0 radical (unpaired) electrons. The van der Waals surface area contributed by atoms with Crippen LogP contribution in [0.5, 0.6) is 11.5 Å². The number of aliphatic imine (C=N–C) groups is 1. The lowest BCUT2D eigenvalue weighted by atomic mass is 10.1. The van der Waals surface area contributed by atoms with Crippen LogP contribution in [-0.4, -0.2) is 63.5 Å². The summed E-state index contributed by atoms with van der Waals surface area (Å²) in [6.07, 6.45) is 4.81. The zero-order chi connectivity index (χ0) is 32.9. The summed E-state index contributed by atoms with van der Waals surface area (Å²) in [5.74, 6) is 1.74. The van der Waals surface area contributed by atoms with E-state index in [2.05, 4.69) is 68.8 Å². The Morgan fingerprint density at radius 2 is 1.35 bits per heavy atom. The van der Waals surface area contributed by atoms with Crippen molar-refractivity contribution in [2.75, 3.05) is 46.0 Å². The maximum absolute atomic E-state index is 4.99. The van der Waals surface area contributed by atoms with Crippen LogP contribution in [-0.2, 0) is 0 Å². The number of thiocarbonyl (C=S) groups is 2. The maximum atomic E-state index is 4.99. The third-order valence-corrected chi connectivity index (χ3v) is 5.76. The molecule has 0 saturated heterocycles. The van der Waals surface area contributed by atoms with E-state index in [0.717, 1.165) is 64.8 Å². The Hall–Kier alpha value is -3.83. The molecule has 0 aliphatic heterocycles. The van der Waals surface area contributed by atoms with E-state index in [1.54, 1.807) is 28.3 Å². The second-order valence-electron chi connectivity index (χ2n) is 8.15. The molecule has 0 fully saturated rings. The molecule has 0 aliphatic carbocycles. The fourth-order valence-corrected chi connectivity index (χ4v) is 3.48. The Morgan fingerprint density at radius 3 is 1.74 bits per heavy atom. The average molecular weight is 630 g/mol. The number of hydrogen-bond acceptors (Lipinski definition) is 9. The summed E-state index contributed by atoms with van der Waals surface area (Å²) >= 11 is 9.33.